The molecule has 238 valence electrons. The Morgan fingerprint density at radius 3 is 1.86 bits per heavy atom. The summed E-state index contributed by atoms with van der Waals surface area (Å²) in [5.74, 6) is 0. The molecule has 0 amide bonds. The molecule has 0 unspecified atom stereocenters. The van der Waals surface area contributed by atoms with Crippen LogP contribution in [0.4, 0.5) is 5.69 Å². The lowest BCUT2D eigenvalue weighted by Crippen LogP contribution is -2.01. The highest BCUT2D eigenvalue weighted by Gasteiger charge is 2.13. The van der Waals surface area contributed by atoms with E-state index in [0.717, 1.165) is 31.4 Å². The van der Waals surface area contributed by atoms with E-state index in [4.69, 9.17) is 4.99 Å². The van der Waals surface area contributed by atoms with Crippen molar-refractivity contribution in [1.29, 1.82) is 0 Å². The van der Waals surface area contributed by atoms with E-state index in [0.29, 0.717) is 0 Å². The fourth-order valence-corrected chi connectivity index (χ4v) is 6.53. The summed E-state index contributed by atoms with van der Waals surface area (Å²) in [6.07, 6.45) is 20.8. The molecule has 0 aliphatic carbocycles. The molecular formula is C43H61N. The average molecular weight is 592 g/mol. The van der Waals surface area contributed by atoms with Crippen molar-refractivity contribution < 1.29 is 0 Å². The van der Waals surface area contributed by atoms with Crippen LogP contribution in [0, 0.1) is 6.92 Å². The first-order valence-corrected chi connectivity index (χ1v) is 18.0. The van der Waals surface area contributed by atoms with Gasteiger partial charge in [-0.3, -0.25) is 4.99 Å². The standard InChI is InChI=1S/C43H61N/c1-8-13-16-17-18-20-27-38-32-40(31-37(34(38)7)23-14-9-2)44-43(12-5)33(6)28-35-29-39(24-15-10-3)41(11-4)42(30-35)36-25-21-19-22-26-36/h19,21-22,25-26,28-32H,8-18,20,23-24,27H2,1-7H3. The molecule has 0 spiro atoms. The van der Waals surface area contributed by atoms with Gasteiger partial charge in [-0.25, -0.2) is 0 Å². The van der Waals surface area contributed by atoms with Crippen LogP contribution in [0.3, 0.4) is 0 Å². The molecule has 0 aliphatic rings. The van der Waals surface area contributed by atoms with Gasteiger partial charge in [-0.2, -0.15) is 0 Å². The molecular weight excluding hydrogens is 530 g/mol. The van der Waals surface area contributed by atoms with E-state index in [2.05, 4.69) is 109 Å². The van der Waals surface area contributed by atoms with Crippen LogP contribution in [-0.4, -0.2) is 5.71 Å². The molecule has 0 saturated carbocycles. The van der Waals surface area contributed by atoms with Gasteiger partial charge in [-0.05, 0) is 133 Å². The van der Waals surface area contributed by atoms with Crippen LogP contribution in [0.5, 0.6) is 0 Å². The maximum atomic E-state index is 5.35. The Labute approximate surface area is 271 Å². The third kappa shape index (κ3) is 10.6. The summed E-state index contributed by atoms with van der Waals surface area (Å²) in [7, 11) is 0. The topological polar surface area (TPSA) is 12.4 Å². The predicted molar refractivity (Wildman–Crippen MR) is 198 cm³/mol. The van der Waals surface area contributed by atoms with Gasteiger partial charge in [0.15, 0.2) is 0 Å². The van der Waals surface area contributed by atoms with Crippen molar-refractivity contribution in [3.8, 4) is 11.1 Å². The Hall–Kier alpha value is -2.93. The Bertz CT molecular complexity index is 1340. The van der Waals surface area contributed by atoms with Gasteiger partial charge in [0.1, 0.15) is 0 Å². The predicted octanol–water partition coefficient (Wildman–Crippen LogP) is 13.4. The molecule has 3 aromatic rings. The number of rotatable bonds is 19. The molecule has 0 N–H and O–H groups in total. The Balaban J connectivity index is 1.99. The Morgan fingerprint density at radius 2 is 1.25 bits per heavy atom. The van der Waals surface area contributed by atoms with Crippen molar-refractivity contribution in [2.75, 3.05) is 0 Å². The summed E-state index contributed by atoms with van der Waals surface area (Å²) in [6.45, 7) is 16.0. The van der Waals surface area contributed by atoms with Gasteiger partial charge >= 0.3 is 0 Å². The van der Waals surface area contributed by atoms with E-state index in [1.807, 2.05) is 0 Å². The van der Waals surface area contributed by atoms with Crippen molar-refractivity contribution >= 4 is 17.5 Å². The van der Waals surface area contributed by atoms with Crippen molar-refractivity contribution in [1.82, 2.24) is 0 Å². The lowest BCUT2D eigenvalue weighted by molar-refractivity contribution is 0.607. The number of hydrogen-bond donors (Lipinski definition) is 0. The van der Waals surface area contributed by atoms with Gasteiger partial charge < -0.3 is 0 Å². The number of hydrogen-bond acceptors (Lipinski definition) is 1. The van der Waals surface area contributed by atoms with E-state index in [1.165, 1.54) is 126 Å². The number of aryl methyl sites for hydroxylation is 3. The zero-order chi connectivity index (χ0) is 31.7. The highest BCUT2D eigenvalue weighted by Crippen LogP contribution is 2.32. The largest absolute Gasteiger partial charge is 0.253 e. The monoisotopic (exact) mass is 591 g/mol. The zero-order valence-electron chi connectivity index (χ0n) is 29.3. The second-order valence-electron chi connectivity index (χ2n) is 12.8. The SMILES string of the molecule is CCCCCCCCc1cc(N=C(CC)C(C)=Cc2cc(CCCC)c(CC)c(-c3ccccc3)c2)cc(CCCC)c1C. The highest BCUT2D eigenvalue weighted by atomic mass is 14.7. The fraction of sp³-hybridized carbons (Fsp3) is 0.512. The van der Waals surface area contributed by atoms with Crippen LogP contribution in [0.2, 0.25) is 0 Å². The molecule has 0 atom stereocenters. The summed E-state index contributed by atoms with van der Waals surface area (Å²) < 4.78 is 0. The van der Waals surface area contributed by atoms with Crippen molar-refractivity contribution in [2.45, 2.75) is 145 Å². The van der Waals surface area contributed by atoms with Gasteiger partial charge in [-0.15, -0.1) is 0 Å². The molecule has 44 heavy (non-hydrogen) atoms. The zero-order valence-corrected chi connectivity index (χ0v) is 29.3. The molecule has 0 saturated heterocycles. The number of unbranched alkanes of at least 4 members (excludes halogenated alkanes) is 7. The summed E-state index contributed by atoms with van der Waals surface area (Å²) in [6, 6.07) is 20.6. The van der Waals surface area contributed by atoms with Crippen LogP contribution in [0.25, 0.3) is 17.2 Å². The van der Waals surface area contributed by atoms with Gasteiger partial charge in [0, 0.05) is 5.71 Å². The Kier molecular flexibility index (Phi) is 15.7. The second kappa shape index (κ2) is 19.5. The molecule has 0 aliphatic heterocycles. The number of aliphatic imine (C=N–C) groups is 1. The minimum absolute atomic E-state index is 0.925. The highest BCUT2D eigenvalue weighted by molar-refractivity contribution is 6.04. The molecule has 0 fully saturated rings. The molecule has 0 radical (unpaired) electrons. The minimum Gasteiger partial charge on any atom is -0.253 e. The molecule has 1 heteroatoms. The molecule has 3 aromatic carbocycles. The van der Waals surface area contributed by atoms with Crippen LogP contribution < -0.4 is 0 Å². The smallest absolute Gasteiger partial charge is 0.0638 e. The van der Waals surface area contributed by atoms with Crippen molar-refractivity contribution in [3.05, 3.63) is 93.6 Å². The number of benzene rings is 3. The number of nitrogens with zero attached hydrogens (tertiary/aromatic N) is 1. The van der Waals surface area contributed by atoms with Gasteiger partial charge in [0.25, 0.3) is 0 Å². The minimum atomic E-state index is 0.925. The van der Waals surface area contributed by atoms with E-state index in [1.54, 1.807) is 0 Å². The van der Waals surface area contributed by atoms with E-state index in [-0.39, 0.29) is 0 Å². The third-order valence-corrected chi connectivity index (χ3v) is 9.25. The first-order chi connectivity index (χ1) is 21.4. The summed E-state index contributed by atoms with van der Waals surface area (Å²) >= 11 is 0. The van der Waals surface area contributed by atoms with Crippen LogP contribution in [-0.2, 0) is 25.7 Å². The molecule has 0 bridgehead atoms. The average Bonchev–Trinajstić information content (AvgIpc) is 3.04. The molecule has 3 rings (SSSR count). The fourth-order valence-electron chi connectivity index (χ4n) is 6.53. The first-order valence-electron chi connectivity index (χ1n) is 18.0. The summed E-state index contributed by atoms with van der Waals surface area (Å²) in [5.41, 5.74) is 15.1. The van der Waals surface area contributed by atoms with Crippen LogP contribution in [0.1, 0.15) is 146 Å². The van der Waals surface area contributed by atoms with E-state index < -0.39 is 0 Å². The van der Waals surface area contributed by atoms with Crippen molar-refractivity contribution in [3.63, 3.8) is 0 Å². The lowest BCUT2D eigenvalue weighted by Gasteiger charge is -2.17. The summed E-state index contributed by atoms with van der Waals surface area (Å²) in [5, 5.41) is 0. The van der Waals surface area contributed by atoms with E-state index in [9.17, 15) is 0 Å². The van der Waals surface area contributed by atoms with Gasteiger partial charge in [0.2, 0.25) is 0 Å². The normalized spacial score (nSPS) is 12.2. The number of allylic oxidation sites excluding steroid dienone is 1. The van der Waals surface area contributed by atoms with E-state index >= 15 is 0 Å². The second-order valence-corrected chi connectivity index (χ2v) is 12.8. The lowest BCUT2D eigenvalue weighted by atomic mass is 9.88. The maximum Gasteiger partial charge on any atom is 0.0638 e. The maximum absolute atomic E-state index is 5.35. The Morgan fingerprint density at radius 1 is 0.659 bits per heavy atom. The first kappa shape index (κ1) is 35.5. The van der Waals surface area contributed by atoms with Crippen molar-refractivity contribution in [2.24, 2.45) is 4.99 Å². The van der Waals surface area contributed by atoms with Gasteiger partial charge in [0.05, 0.1) is 5.69 Å². The van der Waals surface area contributed by atoms with Gasteiger partial charge in [-0.1, -0.05) is 122 Å². The molecule has 0 heterocycles. The quantitative estimate of drug-likeness (QED) is 0.0971. The molecule has 1 nitrogen and oxygen atoms in total. The van der Waals surface area contributed by atoms with Crippen LogP contribution >= 0.6 is 0 Å². The summed E-state index contributed by atoms with van der Waals surface area (Å²) in [4.78, 5) is 5.35. The molecule has 0 aromatic heterocycles. The third-order valence-electron chi connectivity index (χ3n) is 9.25. The van der Waals surface area contributed by atoms with Crippen LogP contribution in [0.15, 0.2) is 65.2 Å².